The molecule has 0 saturated heterocycles. The molecule has 1 aliphatic carbocycles. The molecule has 3 aromatic rings. The Hall–Kier alpha value is -2.34. The number of rotatable bonds is 5. The molecule has 140 valence electrons. The van der Waals surface area contributed by atoms with Gasteiger partial charge < -0.3 is 4.98 Å². The third-order valence-electron chi connectivity index (χ3n) is 5.25. The van der Waals surface area contributed by atoms with Gasteiger partial charge in [0, 0.05) is 23.0 Å². The Morgan fingerprint density at radius 2 is 2.00 bits per heavy atom. The van der Waals surface area contributed by atoms with Crippen LogP contribution in [0, 0.1) is 13.8 Å². The quantitative estimate of drug-likeness (QED) is 0.403. The standard InChI is InChI=1S/C21H23N3O2S/c1-13-11-17(14(2)22-13)19(25)12-27-21-23-18-10-6-5-9-16(18)20(26)24(21)15-7-3-4-8-15/h5-6,9-11,15,22H,3-4,7-8,12H2,1-2H3. The second-order valence-corrected chi connectivity index (χ2v) is 8.17. The number of hydrogen-bond acceptors (Lipinski definition) is 4. The number of ketones is 1. The number of fused-ring (bicyclic) bond motifs is 1. The van der Waals surface area contributed by atoms with Crippen LogP contribution in [0.4, 0.5) is 0 Å². The van der Waals surface area contributed by atoms with Crippen molar-refractivity contribution < 1.29 is 4.79 Å². The zero-order valence-corrected chi connectivity index (χ0v) is 16.4. The topological polar surface area (TPSA) is 67.8 Å². The van der Waals surface area contributed by atoms with Gasteiger partial charge in [0.15, 0.2) is 10.9 Å². The number of Topliss-reactive ketones (excluding diaryl/α,β-unsaturated/α-hetero) is 1. The van der Waals surface area contributed by atoms with Gasteiger partial charge in [0.05, 0.1) is 16.7 Å². The summed E-state index contributed by atoms with van der Waals surface area (Å²) in [5, 5.41) is 1.31. The summed E-state index contributed by atoms with van der Waals surface area (Å²) in [5.74, 6) is 0.331. The first-order chi connectivity index (χ1) is 13.0. The highest BCUT2D eigenvalue weighted by molar-refractivity contribution is 7.99. The maximum Gasteiger partial charge on any atom is 0.262 e. The molecule has 6 heteroatoms. The number of nitrogens with one attached hydrogen (secondary N) is 1. The van der Waals surface area contributed by atoms with Crippen molar-refractivity contribution in [1.82, 2.24) is 14.5 Å². The van der Waals surface area contributed by atoms with Crippen molar-refractivity contribution in [3.05, 3.63) is 57.6 Å². The first-order valence-corrected chi connectivity index (χ1v) is 10.4. The first-order valence-electron chi connectivity index (χ1n) is 9.38. The molecule has 1 N–H and O–H groups in total. The lowest BCUT2D eigenvalue weighted by atomic mass is 10.2. The third kappa shape index (κ3) is 3.46. The van der Waals surface area contributed by atoms with Crippen LogP contribution in [0.5, 0.6) is 0 Å². The molecular formula is C21H23N3O2S. The molecule has 0 aliphatic heterocycles. The molecule has 0 spiro atoms. The summed E-state index contributed by atoms with van der Waals surface area (Å²) in [6.07, 6.45) is 4.26. The number of H-pyrrole nitrogens is 1. The number of thioether (sulfide) groups is 1. The number of hydrogen-bond donors (Lipinski definition) is 1. The molecule has 27 heavy (non-hydrogen) atoms. The Morgan fingerprint density at radius 3 is 2.70 bits per heavy atom. The van der Waals surface area contributed by atoms with Crippen LogP contribution in [0.3, 0.4) is 0 Å². The average molecular weight is 382 g/mol. The van der Waals surface area contributed by atoms with Gasteiger partial charge in [-0.1, -0.05) is 36.7 Å². The van der Waals surface area contributed by atoms with E-state index in [0.717, 1.165) is 42.6 Å². The fourth-order valence-corrected chi connectivity index (χ4v) is 4.88. The van der Waals surface area contributed by atoms with Crippen LogP contribution in [0.15, 0.2) is 40.3 Å². The molecule has 2 heterocycles. The van der Waals surface area contributed by atoms with Gasteiger partial charge in [-0.15, -0.1) is 0 Å². The van der Waals surface area contributed by atoms with Gasteiger partial charge in [-0.2, -0.15) is 0 Å². The second-order valence-electron chi connectivity index (χ2n) is 7.23. The van der Waals surface area contributed by atoms with E-state index in [0.29, 0.717) is 16.1 Å². The zero-order chi connectivity index (χ0) is 19.0. The molecule has 2 aromatic heterocycles. The smallest absolute Gasteiger partial charge is 0.262 e. The van der Waals surface area contributed by atoms with Crippen molar-refractivity contribution in [2.45, 2.75) is 50.7 Å². The van der Waals surface area contributed by atoms with Gasteiger partial charge in [-0.05, 0) is 44.9 Å². The van der Waals surface area contributed by atoms with Gasteiger partial charge >= 0.3 is 0 Å². The Morgan fingerprint density at radius 1 is 1.26 bits per heavy atom. The van der Waals surface area contributed by atoms with E-state index in [1.807, 2.05) is 48.7 Å². The number of para-hydroxylation sites is 1. The van der Waals surface area contributed by atoms with E-state index in [-0.39, 0.29) is 23.1 Å². The van der Waals surface area contributed by atoms with Crippen LogP contribution in [-0.2, 0) is 0 Å². The molecule has 5 nitrogen and oxygen atoms in total. The first kappa shape index (κ1) is 18.0. The number of aromatic amines is 1. The van der Waals surface area contributed by atoms with E-state index in [2.05, 4.69) is 4.98 Å². The van der Waals surface area contributed by atoms with Crippen molar-refractivity contribution in [3.8, 4) is 0 Å². The minimum absolute atomic E-state index is 0.0103. The zero-order valence-electron chi connectivity index (χ0n) is 15.6. The predicted molar refractivity (Wildman–Crippen MR) is 109 cm³/mol. The van der Waals surface area contributed by atoms with Crippen molar-refractivity contribution >= 4 is 28.4 Å². The van der Waals surface area contributed by atoms with Gasteiger partial charge in [-0.3, -0.25) is 14.2 Å². The average Bonchev–Trinajstić information content (AvgIpc) is 3.29. The van der Waals surface area contributed by atoms with Crippen molar-refractivity contribution in [3.63, 3.8) is 0 Å². The molecule has 0 amide bonds. The molecular weight excluding hydrogens is 358 g/mol. The van der Waals surface area contributed by atoms with Crippen LogP contribution >= 0.6 is 11.8 Å². The Kier molecular flexibility index (Phi) is 4.91. The monoisotopic (exact) mass is 381 g/mol. The Labute approximate surface area is 162 Å². The van der Waals surface area contributed by atoms with Crippen molar-refractivity contribution in [2.75, 3.05) is 5.75 Å². The van der Waals surface area contributed by atoms with E-state index >= 15 is 0 Å². The summed E-state index contributed by atoms with van der Waals surface area (Å²) in [5.41, 5.74) is 3.29. The lowest BCUT2D eigenvalue weighted by Gasteiger charge is -2.18. The van der Waals surface area contributed by atoms with Crippen LogP contribution in [0.1, 0.15) is 53.5 Å². The summed E-state index contributed by atoms with van der Waals surface area (Å²) in [7, 11) is 0. The summed E-state index contributed by atoms with van der Waals surface area (Å²) in [6.45, 7) is 3.85. The van der Waals surface area contributed by atoms with E-state index in [1.165, 1.54) is 11.8 Å². The molecule has 1 aliphatic rings. The summed E-state index contributed by atoms with van der Waals surface area (Å²) in [6, 6.07) is 9.53. The highest BCUT2D eigenvalue weighted by Gasteiger charge is 2.23. The Bertz CT molecular complexity index is 1060. The predicted octanol–water partition coefficient (Wildman–Crippen LogP) is 4.43. The number of carbonyl (C=O) groups excluding carboxylic acids is 1. The maximum absolute atomic E-state index is 13.1. The molecule has 0 atom stereocenters. The van der Waals surface area contributed by atoms with E-state index in [9.17, 15) is 9.59 Å². The van der Waals surface area contributed by atoms with Crippen LogP contribution in [0.25, 0.3) is 10.9 Å². The highest BCUT2D eigenvalue weighted by Crippen LogP contribution is 2.32. The summed E-state index contributed by atoms with van der Waals surface area (Å²) in [4.78, 5) is 33.7. The van der Waals surface area contributed by atoms with Crippen LogP contribution < -0.4 is 5.56 Å². The highest BCUT2D eigenvalue weighted by atomic mass is 32.2. The van der Waals surface area contributed by atoms with Gasteiger partial charge in [-0.25, -0.2) is 4.98 Å². The number of nitrogens with zero attached hydrogens (tertiary/aromatic N) is 2. The molecule has 0 radical (unpaired) electrons. The fraction of sp³-hybridized carbons (Fsp3) is 0.381. The fourth-order valence-electron chi connectivity index (χ4n) is 3.93. The van der Waals surface area contributed by atoms with E-state index < -0.39 is 0 Å². The van der Waals surface area contributed by atoms with Crippen molar-refractivity contribution in [1.29, 1.82) is 0 Å². The van der Waals surface area contributed by atoms with Crippen molar-refractivity contribution in [2.24, 2.45) is 0 Å². The lowest BCUT2D eigenvalue weighted by molar-refractivity contribution is 0.102. The van der Waals surface area contributed by atoms with Crippen LogP contribution in [-0.4, -0.2) is 26.1 Å². The van der Waals surface area contributed by atoms with E-state index in [4.69, 9.17) is 4.98 Å². The molecule has 4 rings (SSSR count). The normalized spacial score (nSPS) is 14.9. The van der Waals surface area contributed by atoms with Crippen LogP contribution in [0.2, 0.25) is 0 Å². The number of carbonyl (C=O) groups is 1. The number of aromatic nitrogens is 3. The lowest BCUT2D eigenvalue weighted by Crippen LogP contribution is -2.26. The maximum atomic E-state index is 13.1. The molecule has 1 fully saturated rings. The van der Waals surface area contributed by atoms with Gasteiger partial charge in [0.25, 0.3) is 5.56 Å². The minimum Gasteiger partial charge on any atom is -0.362 e. The largest absolute Gasteiger partial charge is 0.362 e. The van der Waals surface area contributed by atoms with Gasteiger partial charge in [0.2, 0.25) is 0 Å². The minimum atomic E-state index is 0.0103. The SMILES string of the molecule is Cc1cc(C(=O)CSc2nc3ccccc3c(=O)n2C2CCCC2)c(C)[nH]1. The molecule has 0 bridgehead atoms. The number of aryl methyl sites for hydroxylation is 2. The van der Waals surface area contributed by atoms with Gasteiger partial charge in [0.1, 0.15) is 0 Å². The number of benzene rings is 1. The van der Waals surface area contributed by atoms with E-state index in [1.54, 1.807) is 0 Å². The summed E-state index contributed by atoms with van der Waals surface area (Å²) < 4.78 is 1.84. The molecule has 1 saturated carbocycles. The second kappa shape index (κ2) is 7.35. The Balaban J connectivity index is 1.69. The molecule has 0 unspecified atom stereocenters. The third-order valence-corrected chi connectivity index (χ3v) is 6.20. The molecule has 1 aromatic carbocycles. The summed E-state index contributed by atoms with van der Waals surface area (Å²) >= 11 is 1.37.